The first kappa shape index (κ1) is 17.1. The number of aromatic nitrogens is 1. The summed E-state index contributed by atoms with van der Waals surface area (Å²) in [4.78, 5) is 32.1. The lowest BCUT2D eigenvalue weighted by Gasteiger charge is -2.34. The van der Waals surface area contributed by atoms with Crippen molar-refractivity contribution in [3.8, 4) is 0 Å². The molecule has 6 nitrogen and oxygen atoms in total. The van der Waals surface area contributed by atoms with E-state index >= 15 is 0 Å². The minimum Gasteiger partial charge on any atom is -0.351 e. The number of nitrogens with zero attached hydrogens (tertiary/aromatic N) is 2. The Morgan fingerprint density at radius 1 is 1.08 bits per heavy atom. The molecule has 138 valence electrons. The highest BCUT2D eigenvalue weighted by Crippen LogP contribution is 2.18. The van der Waals surface area contributed by atoms with Crippen LogP contribution >= 0.6 is 0 Å². The lowest BCUT2D eigenvalue weighted by Crippen LogP contribution is -2.50. The normalized spacial score (nSPS) is 20.7. The van der Waals surface area contributed by atoms with E-state index in [1.165, 1.54) is 6.42 Å². The molecule has 2 saturated heterocycles. The minimum atomic E-state index is 0.0188. The molecule has 2 fully saturated rings. The summed E-state index contributed by atoms with van der Waals surface area (Å²) < 4.78 is 0. The van der Waals surface area contributed by atoms with Crippen LogP contribution in [-0.4, -0.2) is 65.9 Å². The molecular weight excluding hydrogens is 328 g/mol. The predicted octanol–water partition coefficient (Wildman–Crippen LogP) is 1.84. The van der Waals surface area contributed by atoms with Gasteiger partial charge in [0, 0.05) is 43.5 Å². The van der Waals surface area contributed by atoms with E-state index in [0.717, 1.165) is 30.4 Å². The molecule has 2 aromatic rings. The van der Waals surface area contributed by atoms with Gasteiger partial charge in [0.2, 0.25) is 5.91 Å². The number of H-pyrrole nitrogens is 1. The maximum absolute atomic E-state index is 12.7. The third-order valence-electron chi connectivity index (χ3n) is 5.61. The number of benzene rings is 1. The first-order chi connectivity index (χ1) is 12.7. The summed E-state index contributed by atoms with van der Waals surface area (Å²) in [5.74, 6) is 0.892. The van der Waals surface area contributed by atoms with Crippen molar-refractivity contribution in [1.29, 1.82) is 0 Å². The highest BCUT2D eigenvalue weighted by atomic mass is 16.2. The van der Waals surface area contributed by atoms with E-state index in [9.17, 15) is 9.59 Å². The lowest BCUT2D eigenvalue weighted by atomic mass is 10.0. The number of carbonyl (C=O) groups is 2. The molecule has 2 amide bonds. The SMILES string of the molecule is O=C(CCC1CCNC1)N1CCN(C(=O)c2cc3ccccc3[nH]2)CC1. The van der Waals surface area contributed by atoms with Crippen LogP contribution in [0, 0.1) is 5.92 Å². The van der Waals surface area contributed by atoms with Gasteiger partial charge in [0.1, 0.15) is 5.69 Å². The number of piperazine rings is 1. The number of hydrogen-bond acceptors (Lipinski definition) is 3. The second kappa shape index (κ2) is 7.50. The highest BCUT2D eigenvalue weighted by Gasteiger charge is 2.26. The van der Waals surface area contributed by atoms with Crippen molar-refractivity contribution in [2.24, 2.45) is 5.92 Å². The molecule has 1 aromatic heterocycles. The first-order valence-electron chi connectivity index (χ1n) is 9.56. The molecule has 0 spiro atoms. The van der Waals surface area contributed by atoms with E-state index in [2.05, 4.69) is 10.3 Å². The van der Waals surface area contributed by atoms with E-state index in [0.29, 0.717) is 44.2 Å². The van der Waals surface area contributed by atoms with Crippen LogP contribution in [0.3, 0.4) is 0 Å². The topological polar surface area (TPSA) is 68.4 Å². The van der Waals surface area contributed by atoms with Crippen molar-refractivity contribution >= 4 is 22.7 Å². The fraction of sp³-hybridized carbons (Fsp3) is 0.500. The molecule has 1 unspecified atom stereocenters. The van der Waals surface area contributed by atoms with Gasteiger partial charge < -0.3 is 20.1 Å². The number of amides is 2. The molecule has 1 atom stereocenters. The van der Waals surface area contributed by atoms with E-state index in [1.807, 2.05) is 40.1 Å². The maximum atomic E-state index is 12.7. The van der Waals surface area contributed by atoms with Crippen LogP contribution in [0.15, 0.2) is 30.3 Å². The van der Waals surface area contributed by atoms with Gasteiger partial charge in [0.15, 0.2) is 0 Å². The van der Waals surface area contributed by atoms with Gasteiger partial charge >= 0.3 is 0 Å². The summed E-state index contributed by atoms with van der Waals surface area (Å²) in [5, 5.41) is 4.39. The predicted molar refractivity (Wildman–Crippen MR) is 101 cm³/mol. The van der Waals surface area contributed by atoms with Crippen LogP contribution in [0.2, 0.25) is 0 Å². The van der Waals surface area contributed by atoms with Gasteiger partial charge in [0.05, 0.1) is 0 Å². The summed E-state index contributed by atoms with van der Waals surface area (Å²) in [7, 11) is 0. The number of para-hydroxylation sites is 1. The van der Waals surface area contributed by atoms with Crippen LogP contribution in [0.4, 0.5) is 0 Å². The minimum absolute atomic E-state index is 0.0188. The van der Waals surface area contributed by atoms with Crippen molar-refractivity contribution in [2.45, 2.75) is 19.3 Å². The summed E-state index contributed by atoms with van der Waals surface area (Å²) in [6.07, 6.45) is 2.78. The number of aromatic amines is 1. The zero-order valence-electron chi connectivity index (χ0n) is 15.0. The van der Waals surface area contributed by atoms with Gasteiger partial charge in [-0.05, 0) is 44.0 Å². The maximum Gasteiger partial charge on any atom is 0.270 e. The Bertz CT molecular complexity index is 753. The first-order valence-corrected chi connectivity index (χ1v) is 9.56. The van der Waals surface area contributed by atoms with Gasteiger partial charge in [-0.3, -0.25) is 9.59 Å². The Hall–Kier alpha value is -2.34. The number of fused-ring (bicyclic) bond motifs is 1. The molecule has 0 radical (unpaired) electrons. The zero-order chi connectivity index (χ0) is 17.9. The van der Waals surface area contributed by atoms with Crippen molar-refractivity contribution in [3.63, 3.8) is 0 Å². The Morgan fingerprint density at radius 3 is 2.58 bits per heavy atom. The summed E-state index contributed by atoms with van der Waals surface area (Å²) in [6, 6.07) is 9.81. The number of hydrogen-bond donors (Lipinski definition) is 2. The summed E-state index contributed by atoms with van der Waals surface area (Å²) >= 11 is 0. The van der Waals surface area contributed by atoms with E-state index < -0.39 is 0 Å². The number of nitrogens with one attached hydrogen (secondary N) is 2. The van der Waals surface area contributed by atoms with Gasteiger partial charge in [-0.15, -0.1) is 0 Å². The molecule has 3 heterocycles. The summed E-state index contributed by atoms with van der Waals surface area (Å²) in [6.45, 7) is 4.59. The highest BCUT2D eigenvalue weighted by molar-refractivity contribution is 5.98. The molecule has 0 aliphatic carbocycles. The van der Waals surface area contributed by atoms with Gasteiger partial charge in [0.25, 0.3) is 5.91 Å². The van der Waals surface area contributed by atoms with Crippen LogP contribution in [0.1, 0.15) is 29.8 Å². The molecule has 2 aliphatic rings. The van der Waals surface area contributed by atoms with E-state index in [4.69, 9.17) is 0 Å². The molecule has 4 rings (SSSR count). The Kier molecular flexibility index (Phi) is 4.93. The van der Waals surface area contributed by atoms with Gasteiger partial charge in [-0.1, -0.05) is 18.2 Å². The molecule has 0 bridgehead atoms. The summed E-state index contributed by atoms with van der Waals surface area (Å²) in [5.41, 5.74) is 1.60. The third kappa shape index (κ3) is 3.60. The van der Waals surface area contributed by atoms with E-state index in [1.54, 1.807) is 0 Å². The Labute approximate surface area is 153 Å². The fourth-order valence-electron chi connectivity index (χ4n) is 3.96. The zero-order valence-corrected chi connectivity index (χ0v) is 15.0. The average molecular weight is 354 g/mol. The Balaban J connectivity index is 1.29. The second-order valence-electron chi connectivity index (χ2n) is 7.34. The van der Waals surface area contributed by atoms with Gasteiger partial charge in [-0.2, -0.15) is 0 Å². The largest absolute Gasteiger partial charge is 0.351 e. The average Bonchev–Trinajstić information content (AvgIpc) is 3.35. The third-order valence-corrected chi connectivity index (χ3v) is 5.61. The monoisotopic (exact) mass is 354 g/mol. The number of carbonyl (C=O) groups excluding carboxylic acids is 2. The molecule has 1 aromatic carbocycles. The van der Waals surface area contributed by atoms with Crippen molar-refractivity contribution in [1.82, 2.24) is 20.1 Å². The molecule has 0 saturated carbocycles. The molecule has 26 heavy (non-hydrogen) atoms. The molecule has 2 N–H and O–H groups in total. The fourth-order valence-corrected chi connectivity index (χ4v) is 3.96. The quantitative estimate of drug-likeness (QED) is 0.880. The molecular formula is C20H26N4O2. The molecule has 6 heteroatoms. The van der Waals surface area contributed by atoms with E-state index in [-0.39, 0.29) is 11.8 Å². The van der Waals surface area contributed by atoms with Crippen LogP contribution in [-0.2, 0) is 4.79 Å². The van der Waals surface area contributed by atoms with Crippen LogP contribution < -0.4 is 5.32 Å². The molecule has 2 aliphatic heterocycles. The van der Waals surface area contributed by atoms with Crippen molar-refractivity contribution in [3.05, 3.63) is 36.0 Å². The smallest absolute Gasteiger partial charge is 0.270 e. The van der Waals surface area contributed by atoms with Crippen LogP contribution in [0.5, 0.6) is 0 Å². The Morgan fingerprint density at radius 2 is 1.85 bits per heavy atom. The van der Waals surface area contributed by atoms with Crippen LogP contribution in [0.25, 0.3) is 10.9 Å². The number of rotatable bonds is 4. The second-order valence-corrected chi connectivity index (χ2v) is 7.34. The van der Waals surface area contributed by atoms with Crippen molar-refractivity contribution in [2.75, 3.05) is 39.3 Å². The van der Waals surface area contributed by atoms with Gasteiger partial charge in [-0.25, -0.2) is 0 Å². The lowest BCUT2D eigenvalue weighted by molar-refractivity contribution is -0.132. The van der Waals surface area contributed by atoms with Crippen molar-refractivity contribution < 1.29 is 9.59 Å². The standard InChI is InChI=1S/C20H26N4O2/c25-19(6-5-15-7-8-21-14-15)23-9-11-24(12-10-23)20(26)18-13-16-3-1-2-4-17(16)22-18/h1-4,13,15,21-22H,5-12,14H2.